The first-order valence-electron chi connectivity index (χ1n) is 7.95. The minimum absolute atomic E-state index is 0.00578. The van der Waals surface area contributed by atoms with E-state index in [0.29, 0.717) is 12.5 Å². The van der Waals surface area contributed by atoms with E-state index in [4.69, 9.17) is 0 Å². The second kappa shape index (κ2) is 8.78. The monoisotopic (exact) mass is 309 g/mol. The van der Waals surface area contributed by atoms with Gasteiger partial charge in [-0.3, -0.25) is 5.10 Å². The normalized spacial score (nSPS) is 12.5. The zero-order valence-electron chi connectivity index (χ0n) is 14.9. The molecule has 2 amide bonds. The second-order valence-electron chi connectivity index (χ2n) is 6.49. The first kappa shape index (κ1) is 18.5. The summed E-state index contributed by atoms with van der Waals surface area (Å²) in [5, 5.41) is 10.2. The van der Waals surface area contributed by atoms with Gasteiger partial charge < -0.3 is 15.1 Å². The van der Waals surface area contributed by atoms with Crippen LogP contribution in [-0.4, -0.2) is 66.8 Å². The van der Waals surface area contributed by atoms with Gasteiger partial charge in [-0.1, -0.05) is 6.92 Å². The van der Waals surface area contributed by atoms with Crippen molar-refractivity contribution in [2.24, 2.45) is 5.92 Å². The maximum absolute atomic E-state index is 12.0. The lowest BCUT2D eigenvalue weighted by molar-refractivity contribution is 0.205. The number of aromatic amines is 1. The first-order chi connectivity index (χ1) is 10.3. The Labute approximate surface area is 134 Å². The molecule has 0 saturated heterocycles. The van der Waals surface area contributed by atoms with E-state index in [1.54, 1.807) is 4.90 Å². The molecule has 126 valence electrons. The Morgan fingerprint density at radius 1 is 1.32 bits per heavy atom. The molecule has 1 aromatic heterocycles. The summed E-state index contributed by atoms with van der Waals surface area (Å²) in [6, 6.07) is 0.00578. The third-order valence-electron chi connectivity index (χ3n) is 3.83. The van der Waals surface area contributed by atoms with Crippen molar-refractivity contribution in [3.63, 3.8) is 0 Å². The number of nitrogens with zero attached hydrogens (tertiary/aromatic N) is 3. The number of hydrogen-bond donors (Lipinski definition) is 2. The molecule has 1 rings (SSSR count). The third-order valence-corrected chi connectivity index (χ3v) is 3.83. The fraction of sp³-hybridized carbons (Fsp3) is 0.750. The molecular formula is C16H31N5O. The summed E-state index contributed by atoms with van der Waals surface area (Å²) < 4.78 is 0. The number of amides is 2. The molecule has 0 unspecified atom stereocenters. The van der Waals surface area contributed by atoms with Crippen LogP contribution < -0.4 is 5.32 Å². The standard InChI is InChI=1S/C16H31N5O/c1-12(11-20(4)5)10-17-16(22)21(6)9-7-8-15-13(2)18-19-14(15)3/h12H,7-11H2,1-6H3,(H,17,22)(H,18,19)/t12-/m0/s1. The van der Waals surface area contributed by atoms with Gasteiger partial charge >= 0.3 is 6.03 Å². The highest BCUT2D eigenvalue weighted by atomic mass is 16.2. The number of aromatic nitrogens is 2. The Hall–Kier alpha value is -1.56. The number of carbonyl (C=O) groups excluding carboxylic acids is 1. The van der Waals surface area contributed by atoms with Crippen LogP contribution >= 0.6 is 0 Å². The molecule has 6 nitrogen and oxygen atoms in total. The third kappa shape index (κ3) is 6.05. The molecule has 1 heterocycles. The number of hydrogen-bond acceptors (Lipinski definition) is 3. The molecule has 0 aliphatic rings. The van der Waals surface area contributed by atoms with Crippen molar-refractivity contribution in [3.05, 3.63) is 17.0 Å². The van der Waals surface area contributed by atoms with E-state index in [1.165, 1.54) is 5.56 Å². The van der Waals surface area contributed by atoms with Crippen LogP contribution in [-0.2, 0) is 6.42 Å². The molecule has 0 aromatic carbocycles. The van der Waals surface area contributed by atoms with Gasteiger partial charge in [-0.2, -0.15) is 5.10 Å². The van der Waals surface area contributed by atoms with Crippen molar-refractivity contribution in [1.82, 2.24) is 25.3 Å². The van der Waals surface area contributed by atoms with Crippen molar-refractivity contribution < 1.29 is 4.79 Å². The number of carbonyl (C=O) groups is 1. The molecular weight excluding hydrogens is 278 g/mol. The van der Waals surface area contributed by atoms with Crippen LogP contribution in [0.4, 0.5) is 4.79 Å². The summed E-state index contributed by atoms with van der Waals surface area (Å²) in [4.78, 5) is 15.9. The van der Waals surface area contributed by atoms with Gasteiger partial charge in [0, 0.05) is 32.4 Å². The van der Waals surface area contributed by atoms with E-state index in [9.17, 15) is 4.79 Å². The number of aryl methyl sites for hydroxylation is 2. The number of nitrogens with one attached hydrogen (secondary N) is 2. The van der Waals surface area contributed by atoms with E-state index in [1.807, 2.05) is 35.0 Å². The summed E-state index contributed by atoms with van der Waals surface area (Å²) >= 11 is 0. The number of H-pyrrole nitrogens is 1. The first-order valence-corrected chi connectivity index (χ1v) is 7.95. The molecule has 0 radical (unpaired) electrons. The lowest BCUT2D eigenvalue weighted by atomic mass is 10.1. The zero-order chi connectivity index (χ0) is 16.7. The predicted octanol–water partition coefficient (Wildman–Crippen LogP) is 1.80. The zero-order valence-corrected chi connectivity index (χ0v) is 14.9. The highest BCUT2D eigenvalue weighted by molar-refractivity contribution is 5.73. The Kier molecular flexibility index (Phi) is 7.38. The van der Waals surface area contributed by atoms with Crippen LogP contribution in [0, 0.1) is 19.8 Å². The maximum atomic E-state index is 12.0. The van der Waals surface area contributed by atoms with E-state index < -0.39 is 0 Å². The van der Waals surface area contributed by atoms with Gasteiger partial charge in [0.2, 0.25) is 0 Å². The van der Waals surface area contributed by atoms with Gasteiger partial charge in [0.05, 0.1) is 5.69 Å². The van der Waals surface area contributed by atoms with E-state index in [0.717, 1.165) is 37.3 Å². The quantitative estimate of drug-likeness (QED) is 0.769. The highest BCUT2D eigenvalue weighted by Gasteiger charge is 2.11. The van der Waals surface area contributed by atoms with Gasteiger partial charge in [0.1, 0.15) is 0 Å². The lowest BCUT2D eigenvalue weighted by Gasteiger charge is -2.21. The van der Waals surface area contributed by atoms with Gasteiger partial charge in [-0.15, -0.1) is 0 Å². The summed E-state index contributed by atoms with van der Waals surface area (Å²) in [5.41, 5.74) is 3.46. The van der Waals surface area contributed by atoms with E-state index in [-0.39, 0.29) is 6.03 Å². The van der Waals surface area contributed by atoms with Crippen molar-refractivity contribution in [2.45, 2.75) is 33.6 Å². The maximum Gasteiger partial charge on any atom is 0.317 e. The Morgan fingerprint density at radius 2 is 2.00 bits per heavy atom. The minimum Gasteiger partial charge on any atom is -0.338 e. The SMILES string of the molecule is Cc1n[nH]c(C)c1CCCN(C)C(=O)NC[C@H](C)CN(C)C. The molecule has 0 spiro atoms. The van der Waals surface area contributed by atoms with Crippen molar-refractivity contribution in [2.75, 3.05) is 40.8 Å². The molecule has 6 heteroatoms. The van der Waals surface area contributed by atoms with Crippen LogP contribution in [0.1, 0.15) is 30.3 Å². The van der Waals surface area contributed by atoms with Crippen LogP contribution in [0.5, 0.6) is 0 Å². The van der Waals surface area contributed by atoms with E-state index >= 15 is 0 Å². The summed E-state index contributed by atoms with van der Waals surface area (Å²) in [5.74, 6) is 0.448. The fourth-order valence-corrected chi connectivity index (χ4v) is 2.62. The van der Waals surface area contributed by atoms with E-state index in [2.05, 4.69) is 27.3 Å². The van der Waals surface area contributed by atoms with Gasteiger partial charge in [0.25, 0.3) is 0 Å². The van der Waals surface area contributed by atoms with Crippen molar-refractivity contribution in [3.8, 4) is 0 Å². The lowest BCUT2D eigenvalue weighted by Crippen LogP contribution is -2.41. The predicted molar refractivity (Wildman–Crippen MR) is 90.1 cm³/mol. The summed E-state index contributed by atoms with van der Waals surface area (Å²) in [6.07, 6.45) is 1.89. The molecule has 2 N–H and O–H groups in total. The Bertz CT molecular complexity index is 450. The summed E-state index contributed by atoms with van der Waals surface area (Å²) in [7, 11) is 5.94. The molecule has 1 aromatic rings. The van der Waals surface area contributed by atoms with Gasteiger partial charge in [-0.05, 0) is 52.3 Å². The molecule has 0 aliphatic heterocycles. The number of rotatable bonds is 8. The van der Waals surface area contributed by atoms with Crippen LogP contribution in [0.3, 0.4) is 0 Å². The smallest absolute Gasteiger partial charge is 0.317 e. The molecule has 1 atom stereocenters. The molecule has 0 aliphatic carbocycles. The van der Waals surface area contributed by atoms with Crippen molar-refractivity contribution >= 4 is 6.03 Å². The van der Waals surface area contributed by atoms with Gasteiger partial charge in [0.15, 0.2) is 0 Å². The molecule has 22 heavy (non-hydrogen) atoms. The second-order valence-corrected chi connectivity index (χ2v) is 6.49. The van der Waals surface area contributed by atoms with Crippen LogP contribution in [0.15, 0.2) is 0 Å². The minimum atomic E-state index is 0.00578. The highest BCUT2D eigenvalue weighted by Crippen LogP contribution is 2.11. The number of urea groups is 1. The fourth-order valence-electron chi connectivity index (χ4n) is 2.62. The average molecular weight is 309 g/mol. The van der Waals surface area contributed by atoms with Crippen LogP contribution in [0.2, 0.25) is 0 Å². The summed E-state index contributed by atoms with van der Waals surface area (Å²) in [6.45, 7) is 8.63. The molecule has 0 bridgehead atoms. The van der Waals surface area contributed by atoms with Crippen LogP contribution in [0.25, 0.3) is 0 Å². The largest absolute Gasteiger partial charge is 0.338 e. The Morgan fingerprint density at radius 3 is 2.55 bits per heavy atom. The van der Waals surface area contributed by atoms with Gasteiger partial charge in [-0.25, -0.2) is 4.79 Å². The molecule has 0 saturated carbocycles. The average Bonchev–Trinajstić information content (AvgIpc) is 2.75. The van der Waals surface area contributed by atoms with Crippen molar-refractivity contribution in [1.29, 1.82) is 0 Å². The molecule has 0 fully saturated rings. The Balaban J connectivity index is 2.27. The topological polar surface area (TPSA) is 64.3 Å².